The summed E-state index contributed by atoms with van der Waals surface area (Å²) in [5, 5.41) is 0. The van der Waals surface area contributed by atoms with Gasteiger partial charge in [-0.25, -0.2) is 0 Å². The predicted molar refractivity (Wildman–Crippen MR) is 94.7 cm³/mol. The summed E-state index contributed by atoms with van der Waals surface area (Å²) in [4.78, 5) is 49.8. The summed E-state index contributed by atoms with van der Waals surface area (Å²) < 4.78 is 10.1. The van der Waals surface area contributed by atoms with E-state index in [0.29, 0.717) is 11.3 Å². The smallest absolute Gasteiger partial charge is 0.326 e. The summed E-state index contributed by atoms with van der Waals surface area (Å²) in [6.07, 6.45) is -1.05. The molecule has 0 spiro atoms. The zero-order chi connectivity index (χ0) is 19.6. The molecular weight excluding hydrogens is 350 g/mol. The molecule has 0 aliphatic carbocycles. The molecule has 0 bridgehead atoms. The summed E-state index contributed by atoms with van der Waals surface area (Å²) >= 11 is 0. The van der Waals surface area contributed by atoms with Crippen LogP contribution in [0, 0.1) is 0 Å². The molecule has 0 fully saturated rings. The van der Waals surface area contributed by atoms with Crippen LogP contribution in [-0.4, -0.2) is 48.2 Å². The maximum Gasteiger partial charge on any atom is 0.326 e. The molecule has 1 aliphatic rings. The molecule has 2 aromatic carbocycles. The van der Waals surface area contributed by atoms with Crippen LogP contribution in [0.3, 0.4) is 0 Å². The number of fused-ring (bicyclic) bond motifs is 1. The molecule has 0 radical (unpaired) electrons. The molecule has 1 aliphatic heterocycles. The number of nitrogens with zero attached hydrogens (tertiary/aromatic N) is 1. The molecule has 27 heavy (non-hydrogen) atoms. The fourth-order valence-corrected chi connectivity index (χ4v) is 2.79. The Balaban J connectivity index is 1.63. The highest BCUT2D eigenvalue weighted by Crippen LogP contribution is 2.22. The Hall–Kier alpha value is -3.48. The summed E-state index contributed by atoms with van der Waals surface area (Å²) in [5.74, 6) is -1.74. The van der Waals surface area contributed by atoms with Gasteiger partial charge < -0.3 is 9.47 Å². The van der Waals surface area contributed by atoms with Gasteiger partial charge in [0.15, 0.2) is 6.10 Å². The minimum Gasteiger partial charge on any atom is -0.497 e. The minimum atomic E-state index is -1.05. The Morgan fingerprint density at radius 2 is 1.52 bits per heavy atom. The monoisotopic (exact) mass is 367 g/mol. The van der Waals surface area contributed by atoms with Crippen molar-refractivity contribution in [2.24, 2.45) is 0 Å². The maximum atomic E-state index is 12.4. The molecule has 3 rings (SSSR count). The van der Waals surface area contributed by atoms with Crippen LogP contribution in [0.1, 0.15) is 38.0 Å². The summed E-state index contributed by atoms with van der Waals surface area (Å²) in [6, 6.07) is 12.7. The van der Waals surface area contributed by atoms with E-state index < -0.39 is 36.2 Å². The molecule has 0 N–H and O–H groups in total. The molecule has 0 saturated heterocycles. The van der Waals surface area contributed by atoms with Crippen LogP contribution in [0.25, 0.3) is 0 Å². The third kappa shape index (κ3) is 3.57. The van der Waals surface area contributed by atoms with Gasteiger partial charge in [0.2, 0.25) is 5.78 Å². The molecule has 0 saturated carbocycles. The first-order chi connectivity index (χ1) is 12.9. The second-order valence-electron chi connectivity index (χ2n) is 5.97. The number of hydrogen-bond acceptors (Lipinski definition) is 6. The quantitative estimate of drug-likeness (QED) is 0.441. The predicted octanol–water partition coefficient (Wildman–Crippen LogP) is 2.11. The molecule has 2 aromatic rings. The van der Waals surface area contributed by atoms with Crippen molar-refractivity contribution >= 4 is 23.6 Å². The van der Waals surface area contributed by atoms with Gasteiger partial charge in [0.1, 0.15) is 12.3 Å². The SMILES string of the molecule is COc1ccc(C(=O)[C@@H](C)OC(=O)CN2C(=O)c3ccccc3C2=O)cc1. The second-order valence-corrected chi connectivity index (χ2v) is 5.97. The molecule has 1 heterocycles. The van der Waals surface area contributed by atoms with E-state index in [0.717, 1.165) is 4.90 Å². The van der Waals surface area contributed by atoms with Gasteiger partial charge in [-0.3, -0.25) is 24.1 Å². The van der Waals surface area contributed by atoms with Gasteiger partial charge in [0.25, 0.3) is 11.8 Å². The lowest BCUT2D eigenvalue weighted by Crippen LogP contribution is -2.37. The van der Waals surface area contributed by atoms with Crippen molar-refractivity contribution < 1.29 is 28.7 Å². The Morgan fingerprint density at radius 1 is 0.963 bits per heavy atom. The number of benzene rings is 2. The number of methoxy groups -OCH3 is 1. The molecule has 0 unspecified atom stereocenters. The molecule has 1 atom stereocenters. The van der Waals surface area contributed by atoms with E-state index in [1.807, 2.05) is 0 Å². The highest BCUT2D eigenvalue weighted by atomic mass is 16.5. The molecule has 138 valence electrons. The van der Waals surface area contributed by atoms with Gasteiger partial charge in [0.05, 0.1) is 18.2 Å². The Labute approximate surface area is 155 Å². The van der Waals surface area contributed by atoms with Crippen LogP contribution in [0.5, 0.6) is 5.75 Å². The van der Waals surface area contributed by atoms with Crippen molar-refractivity contribution in [1.29, 1.82) is 0 Å². The van der Waals surface area contributed by atoms with Crippen LogP contribution < -0.4 is 4.74 Å². The lowest BCUT2D eigenvalue weighted by Gasteiger charge is -2.16. The van der Waals surface area contributed by atoms with E-state index >= 15 is 0 Å². The van der Waals surface area contributed by atoms with Crippen molar-refractivity contribution in [1.82, 2.24) is 4.90 Å². The lowest BCUT2D eigenvalue weighted by molar-refractivity contribution is -0.146. The molecule has 7 nitrogen and oxygen atoms in total. The number of hydrogen-bond donors (Lipinski definition) is 0. The lowest BCUT2D eigenvalue weighted by atomic mass is 10.1. The average molecular weight is 367 g/mol. The van der Waals surface area contributed by atoms with Crippen LogP contribution >= 0.6 is 0 Å². The fourth-order valence-electron chi connectivity index (χ4n) is 2.79. The van der Waals surface area contributed by atoms with E-state index in [-0.39, 0.29) is 11.1 Å². The van der Waals surface area contributed by atoms with Crippen LogP contribution in [0.4, 0.5) is 0 Å². The molecule has 2 amide bonds. The van der Waals surface area contributed by atoms with Gasteiger partial charge in [-0.15, -0.1) is 0 Å². The zero-order valence-electron chi connectivity index (χ0n) is 14.8. The Bertz CT molecular complexity index is 883. The summed E-state index contributed by atoms with van der Waals surface area (Å²) in [6.45, 7) is 0.888. The number of esters is 1. The van der Waals surface area contributed by atoms with Gasteiger partial charge in [0, 0.05) is 5.56 Å². The van der Waals surface area contributed by atoms with Crippen LogP contribution in [0.15, 0.2) is 48.5 Å². The van der Waals surface area contributed by atoms with Crippen LogP contribution in [-0.2, 0) is 9.53 Å². The number of carbonyl (C=O) groups excluding carboxylic acids is 4. The van der Waals surface area contributed by atoms with E-state index in [9.17, 15) is 19.2 Å². The number of ketones is 1. The topological polar surface area (TPSA) is 90.0 Å². The number of carbonyl (C=O) groups is 4. The molecule has 0 aromatic heterocycles. The summed E-state index contributed by atoms with van der Waals surface area (Å²) in [5.41, 5.74) is 0.854. The van der Waals surface area contributed by atoms with Gasteiger partial charge in [-0.05, 0) is 43.3 Å². The highest BCUT2D eigenvalue weighted by molar-refractivity contribution is 6.22. The third-order valence-corrected chi connectivity index (χ3v) is 4.22. The van der Waals surface area contributed by atoms with E-state index in [1.54, 1.807) is 36.4 Å². The third-order valence-electron chi connectivity index (χ3n) is 4.22. The van der Waals surface area contributed by atoms with Crippen molar-refractivity contribution in [2.45, 2.75) is 13.0 Å². The van der Waals surface area contributed by atoms with Crippen molar-refractivity contribution in [3.63, 3.8) is 0 Å². The number of rotatable bonds is 6. The van der Waals surface area contributed by atoms with E-state index in [2.05, 4.69) is 0 Å². The van der Waals surface area contributed by atoms with Gasteiger partial charge >= 0.3 is 5.97 Å². The normalized spacial score (nSPS) is 13.9. The van der Waals surface area contributed by atoms with E-state index in [1.165, 1.54) is 26.2 Å². The fraction of sp³-hybridized carbons (Fsp3) is 0.200. The van der Waals surface area contributed by atoms with Crippen LogP contribution in [0.2, 0.25) is 0 Å². The summed E-state index contributed by atoms with van der Waals surface area (Å²) in [7, 11) is 1.51. The minimum absolute atomic E-state index is 0.248. The largest absolute Gasteiger partial charge is 0.497 e. The highest BCUT2D eigenvalue weighted by Gasteiger charge is 2.37. The average Bonchev–Trinajstić information content (AvgIpc) is 2.92. The first-order valence-electron chi connectivity index (χ1n) is 8.25. The standard InChI is InChI=1S/C20H17NO6/c1-12(18(23)13-7-9-14(26-2)10-8-13)27-17(22)11-21-19(24)15-5-3-4-6-16(15)20(21)25/h3-10,12H,11H2,1-2H3/t12-/m1/s1. The van der Waals surface area contributed by atoms with Gasteiger partial charge in [-0.2, -0.15) is 0 Å². The van der Waals surface area contributed by atoms with Crippen molar-refractivity contribution in [3.8, 4) is 5.75 Å². The second kappa shape index (κ2) is 7.41. The Morgan fingerprint density at radius 3 is 2.04 bits per heavy atom. The van der Waals surface area contributed by atoms with Gasteiger partial charge in [-0.1, -0.05) is 12.1 Å². The van der Waals surface area contributed by atoms with Crippen molar-refractivity contribution in [3.05, 3.63) is 65.2 Å². The van der Waals surface area contributed by atoms with Crippen molar-refractivity contribution in [2.75, 3.05) is 13.7 Å². The molecule has 7 heteroatoms. The zero-order valence-corrected chi connectivity index (χ0v) is 14.8. The number of ether oxygens (including phenoxy) is 2. The maximum absolute atomic E-state index is 12.4. The number of Topliss-reactive ketones (excluding diaryl/α,β-unsaturated/α-hetero) is 1. The first-order valence-corrected chi connectivity index (χ1v) is 8.25. The Kier molecular flexibility index (Phi) is 5.03. The first kappa shape index (κ1) is 18.3. The number of amides is 2. The van der Waals surface area contributed by atoms with E-state index in [4.69, 9.17) is 9.47 Å². The number of imide groups is 1. The molecular formula is C20H17NO6.